The summed E-state index contributed by atoms with van der Waals surface area (Å²) < 4.78 is 3.57. The highest BCUT2D eigenvalue weighted by atomic mass is 16.2. The lowest BCUT2D eigenvalue weighted by Gasteiger charge is -2.09. The molecule has 6 rings (SSSR count). The van der Waals surface area contributed by atoms with Gasteiger partial charge in [-0.25, -0.2) is 14.8 Å². The van der Waals surface area contributed by atoms with E-state index >= 15 is 0 Å². The Labute approximate surface area is 195 Å². The summed E-state index contributed by atoms with van der Waals surface area (Å²) in [5.74, 6) is 1.90. The molecule has 2 aromatic carbocycles. The van der Waals surface area contributed by atoms with Gasteiger partial charge in [-0.15, -0.1) is 0 Å². The van der Waals surface area contributed by atoms with Crippen LogP contribution in [-0.2, 0) is 13.0 Å². The minimum Gasteiger partial charge on any atom is -0.342 e. The lowest BCUT2D eigenvalue weighted by molar-refractivity contribution is 0.700. The summed E-state index contributed by atoms with van der Waals surface area (Å²) in [6.45, 7) is 4.82. The number of rotatable bonds is 6. The van der Waals surface area contributed by atoms with Gasteiger partial charge in [0.1, 0.15) is 11.6 Å². The average Bonchev–Trinajstić information content (AvgIpc) is 3.46. The van der Waals surface area contributed by atoms with Crippen LogP contribution in [0, 0.1) is 0 Å². The van der Waals surface area contributed by atoms with Gasteiger partial charge >= 0.3 is 5.69 Å². The Morgan fingerprint density at radius 2 is 1.82 bits per heavy atom. The summed E-state index contributed by atoms with van der Waals surface area (Å²) in [5.41, 5.74) is 4.29. The minimum absolute atomic E-state index is 0.0976. The molecule has 3 heterocycles. The van der Waals surface area contributed by atoms with Crippen molar-refractivity contribution in [2.45, 2.75) is 51.6 Å². The van der Waals surface area contributed by atoms with Gasteiger partial charge in [-0.1, -0.05) is 50.2 Å². The van der Waals surface area contributed by atoms with Crippen molar-refractivity contribution in [3.05, 3.63) is 92.1 Å². The van der Waals surface area contributed by atoms with Crippen molar-refractivity contribution >= 4 is 22.2 Å². The number of aromatic nitrogens is 6. The van der Waals surface area contributed by atoms with Gasteiger partial charge in [0.25, 0.3) is 5.56 Å². The molecule has 0 saturated heterocycles. The van der Waals surface area contributed by atoms with Gasteiger partial charge in [0, 0.05) is 12.6 Å². The normalized spacial score (nSPS) is 14.0. The molecule has 1 fully saturated rings. The number of hydrogen-bond acceptors (Lipinski definition) is 4. The fourth-order valence-electron chi connectivity index (χ4n) is 4.61. The standard InChI is InChI=1S/C26H26N6O2/c1-15(2)17-8-11-19-20(12-17)28-21(27-19)13-22-29-24-23(31(22)14-16-6-4-3-5-7-16)25(33)30-26(34)32(24)18-9-10-18/h3-8,11-12,15,18H,9-10,13-14H2,1-2H3,(H,27,28)(H,30,33,34). The quantitative estimate of drug-likeness (QED) is 0.407. The molecule has 1 saturated carbocycles. The SMILES string of the molecule is CC(C)c1ccc2nc(Cc3nc4c(c(=O)[nH]c(=O)n4C4CC4)n3Cc3ccccc3)[nH]c2c1. The highest BCUT2D eigenvalue weighted by Gasteiger charge is 2.30. The third kappa shape index (κ3) is 3.55. The molecule has 5 aromatic rings. The van der Waals surface area contributed by atoms with Crippen LogP contribution in [0.1, 0.15) is 61.4 Å². The van der Waals surface area contributed by atoms with Gasteiger partial charge in [-0.3, -0.25) is 14.3 Å². The van der Waals surface area contributed by atoms with Crippen molar-refractivity contribution in [3.8, 4) is 0 Å². The molecule has 0 amide bonds. The summed E-state index contributed by atoms with van der Waals surface area (Å²) in [7, 11) is 0. The molecular weight excluding hydrogens is 428 g/mol. The van der Waals surface area contributed by atoms with Crippen LogP contribution in [0.5, 0.6) is 0 Å². The van der Waals surface area contributed by atoms with Crippen LogP contribution < -0.4 is 11.2 Å². The number of nitrogens with one attached hydrogen (secondary N) is 2. The summed E-state index contributed by atoms with van der Waals surface area (Å²) in [5, 5.41) is 0. The molecule has 1 aliphatic carbocycles. The van der Waals surface area contributed by atoms with E-state index < -0.39 is 5.56 Å². The first-order valence-corrected chi connectivity index (χ1v) is 11.7. The van der Waals surface area contributed by atoms with Gasteiger partial charge < -0.3 is 9.55 Å². The molecule has 0 unspecified atom stereocenters. The molecule has 172 valence electrons. The molecule has 2 N–H and O–H groups in total. The first kappa shape index (κ1) is 20.7. The van der Waals surface area contributed by atoms with Crippen LogP contribution >= 0.6 is 0 Å². The van der Waals surface area contributed by atoms with Crippen LogP contribution in [0.3, 0.4) is 0 Å². The Morgan fingerprint density at radius 3 is 2.56 bits per heavy atom. The summed E-state index contributed by atoms with van der Waals surface area (Å²) in [6, 6.07) is 16.3. The maximum atomic E-state index is 13.0. The monoisotopic (exact) mass is 454 g/mol. The van der Waals surface area contributed by atoms with E-state index in [1.807, 2.05) is 41.0 Å². The van der Waals surface area contributed by atoms with Gasteiger partial charge in [0.2, 0.25) is 0 Å². The molecule has 0 radical (unpaired) electrons. The predicted octanol–water partition coefficient (Wildman–Crippen LogP) is 3.86. The number of hydrogen-bond donors (Lipinski definition) is 2. The zero-order valence-electron chi connectivity index (χ0n) is 19.2. The van der Waals surface area contributed by atoms with E-state index in [9.17, 15) is 9.59 Å². The Balaban J connectivity index is 1.50. The first-order valence-electron chi connectivity index (χ1n) is 11.7. The van der Waals surface area contributed by atoms with E-state index in [1.165, 1.54) is 5.56 Å². The highest BCUT2D eigenvalue weighted by Crippen LogP contribution is 2.35. The van der Waals surface area contributed by atoms with Crippen molar-refractivity contribution in [3.63, 3.8) is 0 Å². The van der Waals surface area contributed by atoms with Crippen LogP contribution in [0.15, 0.2) is 58.1 Å². The molecule has 3 aromatic heterocycles. The van der Waals surface area contributed by atoms with Crippen LogP contribution in [0.4, 0.5) is 0 Å². The maximum absolute atomic E-state index is 13.0. The third-order valence-corrected chi connectivity index (χ3v) is 6.55. The Kier molecular flexibility index (Phi) is 4.76. The Morgan fingerprint density at radius 1 is 1.03 bits per heavy atom. The van der Waals surface area contributed by atoms with Crippen molar-refractivity contribution in [2.24, 2.45) is 0 Å². The molecule has 8 nitrogen and oxygen atoms in total. The van der Waals surface area contributed by atoms with Gasteiger partial charge in [-0.05, 0) is 42.0 Å². The number of imidazole rings is 2. The zero-order chi connectivity index (χ0) is 23.4. The van der Waals surface area contributed by atoms with Crippen molar-refractivity contribution in [1.29, 1.82) is 0 Å². The molecular formula is C26H26N6O2. The van der Waals surface area contributed by atoms with E-state index in [-0.39, 0.29) is 11.7 Å². The van der Waals surface area contributed by atoms with E-state index in [4.69, 9.17) is 9.97 Å². The second kappa shape index (κ2) is 7.83. The van der Waals surface area contributed by atoms with Crippen molar-refractivity contribution in [1.82, 2.24) is 29.1 Å². The zero-order valence-corrected chi connectivity index (χ0v) is 19.2. The largest absolute Gasteiger partial charge is 0.342 e. The van der Waals surface area contributed by atoms with E-state index in [2.05, 4.69) is 35.9 Å². The van der Waals surface area contributed by atoms with Gasteiger partial charge in [-0.2, -0.15) is 0 Å². The number of H-pyrrole nitrogens is 2. The topological polar surface area (TPSA) is 101 Å². The lowest BCUT2D eigenvalue weighted by atomic mass is 10.0. The third-order valence-electron chi connectivity index (χ3n) is 6.55. The van der Waals surface area contributed by atoms with Crippen molar-refractivity contribution < 1.29 is 0 Å². The second-order valence-corrected chi connectivity index (χ2v) is 9.42. The van der Waals surface area contributed by atoms with Crippen LogP contribution in [0.2, 0.25) is 0 Å². The van der Waals surface area contributed by atoms with Crippen LogP contribution in [-0.4, -0.2) is 29.1 Å². The van der Waals surface area contributed by atoms with Crippen LogP contribution in [0.25, 0.3) is 22.2 Å². The van der Waals surface area contributed by atoms with E-state index in [1.54, 1.807) is 4.57 Å². The molecule has 0 bridgehead atoms. The lowest BCUT2D eigenvalue weighted by Crippen LogP contribution is -2.30. The number of aromatic amines is 2. The number of fused-ring (bicyclic) bond motifs is 2. The Bertz CT molecular complexity index is 1630. The maximum Gasteiger partial charge on any atom is 0.330 e. The van der Waals surface area contributed by atoms with E-state index in [0.717, 1.165) is 35.3 Å². The molecule has 0 aliphatic heterocycles. The molecule has 34 heavy (non-hydrogen) atoms. The second-order valence-electron chi connectivity index (χ2n) is 9.42. The highest BCUT2D eigenvalue weighted by molar-refractivity contribution is 5.76. The number of benzene rings is 2. The predicted molar refractivity (Wildman–Crippen MR) is 131 cm³/mol. The van der Waals surface area contributed by atoms with E-state index in [0.29, 0.717) is 35.9 Å². The van der Waals surface area contributed by atoms with Gasteiger partial charge in [0.15, 0.2) is 11.2 Å². The summed E-state index contributed by atoms with van der Waals surface area (Å²) in [6.07, 6.45) is 2.26. The summed E-state index contributed by atoms with van der Waals surface area (Å²) >= 11 is 0. The molecule has 8 heteroatoms. The average molecular weight is 455 g/mol. The fraction of sp³-hybridized carbons (Fsp3) is 0.308. The smallest absolute Gasteiger partial charge is 0.330 e. The fourth-order valence-corrected chi connectivity index (χ4v) is 4.61. The molecule has 0 atom stereocenters. The minimum atomic E-state index is -0.405. The molecule has 1 aliphatic rings. The Hall–Kier alpha value is -3.94. The first-order chi connectivity index (χ1) is 16.5. The van der Waals surface area contributed by atoms with Gasteiger partial charge in [0.05, 0.1) is 17.5 Å². The molecule has 0 spiro atoms. The summed E-state index contributed by atoms with van der Waals surface area (Å²) in [4.78, 5) is 41.1. The number of nitrogens with zero attached hydrogens (tertiary/aromatic N) is 4. The van der Waals surface area contributed by atoms with Crippen molar-refractivity contribution in [2.75, 3.05) is 0 Å².